The molecule has 0 unspecified atom stereocenters. The fourth-order valence-corrected chi connectivity index (χ4v) is 2.96. The van der Waals surface area contributed by atoms with Crippen LogP contribution in [0.4, 0.5) is 0 Å². The van der Waals surface area contributed by atoms with Crippen molar-refractivity contribution in [1.82, 2.24) is 14.5 Å². The van der Waals surface area contributed by atoms with Gasteiger partial charge < -0.3 is 5.11 Å². The number of nitrogens with one attached hydrogen (secondary N) is 1. The Balaban J connectivity index is 2.27. The Kier molecular flexibility index (Phi) is 3.88. The molecule has 0 spiro atoms. The predicted octanol–water partition coefficient (Wildman–Crippen LogP) is 0.954. The molecule has 0 saturated carbocycles. The molecule has 2 rings (SSSR count). The van der Waals surface area contributed by atoms with Crippen molar-refractivity contribution in [2.75, 3.05) is 13.6 Å². The van der Waals surface area contributed by atoms with E-state index in [-0.39, 0.29) is 11.4 Å². The second-order valence-electron chi connectivity index (χ2n) is 4.58. The van der Waals surface area contributed by atoms with Crippen LogP contribution >= 0.6 is 0 Å². The molecule has 0 aliphatic heterocycles. The molecule has 0 aliphatic rings. The molecule has 0 amide bonds. The lowest BCUT2D eigenvalue weighted by molar-refractivity contribution is 0.177. The van der Waals surface area contributed by atoms with Crippen molar-refractivity contribution in [1.29, 1.82) is 0 Å². The molecule has 0 bridgehead atoms. The number of benzene rings is 1. The number of H-pyrrole nitrogens is 1. The maximum absolute atomic E-state index is 12.3. The molecule has 104 valence electrons. The van der Waals surface area contributed by atoms with Gasteiger partial charge in [0.15, 0.2) is 0 Å². The normalized spacial score (nSPS) is 14.1. The molecule has 7 heteroatoms. The van der Waals surface area contributed by atoms with Gasteiger partial charge in [-0.2, -0.15) is 5.10 Å². The zero-order valence-electron chi connectivity index (χ0n) is 10.9. The van der Waals surface area contributed by atoms with Crippen molar-refractivity contribution < 1.29 is 13.5 Å². The standard InChI is InChI=1S/C12H17N3O3S/c1-9(16)5-6-15(2)19(17,18)11-4-3-10-8-13-14-12(10)7-11/h3-4,7-9,16H,5-6H2,1-2H3,(H,13,14)/t9-/m0/s1. The largest absolute Gasteiger partial charge is 0.393 e. The van der Waals surface area contributed by atoms with Crippen LogP contribution in [-0.2, 0) is 10.0 Å². The smallest absolute Gasteiger partial charge is 0.242 e. The number of hydrogen-bond donors (Lipinski definition) is 2. The summed E-state index contributed by atoms with van der Waals surface area (Å²) in [4.78, 5) is 0.220. The van der Waals surface area contributed by atoms with Crippen molar-refractivity contribution in [2.45, 2.75) is 24.3 Å². The van der Waals surface area contributed by atoms with Gasteiger partial charge in [0.25, 0.3) is 0 Å². The van der Waals surface area contributed by atoms with Crippen molar-refractivity contribution in [3.63, 3.8) is 0 Å². The number of aliphatic hydroxyl groups is 1. The summed E-state index contributed by atoms with van der Waals surface area (Å²) in [6.07, 6.45) is 1.53. The molecule has 19 heavy (non-hydrogen) atoms. The minimum absolute atomic E-state index is 0.220. The van der Waals surface area contributed by atoms with Crippen LogP contribution in [0.3, 0.4) is 0 Å². The van der Waals surface area contributed by atoms with Crippen LogP contribution in [0, 0.1) is 0 Å². The molecule has 2 aromatic rings. The van der Waals surface area contributed by atoms with Crippen LogP contribution in [0.25, 0.3) is 10.9 Å². The highest BCUT2D eigenvalue weighted by Crippen LogP contribution is 2.19. The molecule has 0 radical (unpaired) electrons. The van der Waals surface area contributed by atoms with Gasteiger partial charge in [0.1, 0.15) is 0 Å². The summed E-state index contributed by atoms with van der Waals surface area (Å²) in [5.41, 5.74) is 0.685. The maximum Gasteiger partial charge on any atom is 0.242 e. The lowest BCUT2D eigenvalue weighted by atomic mass is 10.3. The first-order chi connectivity index (χ1) is 8.91. The summed E-state index contributed by atoms with van der Waals surface area (Å²) in [5, 5.41) is 16.7. The topological polar surface area (TPSA) is 86.3 Å². The number of nitrogens with zero attached hydrogens (tertiary/aromatic N) is 2. The van der Waals surface area contributed by atoms with Gasteiger partial charge in [0.2, 0.25) is 10.0 Å². The monoisotopic (exact) mass is 283 g/mol. The van der Waals surface area contributed by atoms with E-state index in [1.54, 1.807) is 31.3 Å². The number of hydrogen-bond acceptors (Lipinski definition) is 4. The fourth-order valence-electron chi connectivity index (χ4n) is 1.75. The number of sulfonamides is 1. The van der Waals surface area contributed by atoms with E-state index in [1.165, 1.54) is 11.4 Å². The van der Waals surface area contributed by atoms with E-state index < -0.39 is 16.1 Å². The van der Waals surface area contributed by atoms with Gasteiger partial charge in [0.05, 0.1) is 22.7 Å². The van der Waals surface area contributed by atoms with Crippen LogP contribution in [-0.4, -0.2) is 47.7 Å². The van der Waals surface area contributed by atoms with Crippen LogP contribution in [0.1, 0.15) is 13.3 Å². The van der Waals surface area contributed by atoms with Crippen molar-refractivity contribution in [3.8, 4) is 0 Å². The molecule has 0 saturated heterocycles. The molecule has 6 nitrogen and oxygen atoms in total. The highest BCUT2D eigenvalue weighted by molar-refractivity contribution is 7.89. The molecule has 2 N–H and O–H groups in total. The Morgan fingerprint density at radius 1 is 1.47 bits per heavy atom. The van der Waals surface area contributed by atoms with Gasteiger partial charge in [0, 0.05) is 19.0 Å². The van der Waals surface area contributed by atoms with Gasteiger partial charge in [-0.05, 0) is 31.5 Å². The summed E-state index contributed by atoms with van der Waals surface area (Å²) in [6, 6.07) is 4.84. The lowest BCUT2D eigenvalue weighted by Gasteiger charge is -2.17. The third-order valence-electron chi connectivity index (χ3n) is 2.98. The van der Waals surface area contributed by atoms with Crippen molar-refractivity contribution in [3.05, 3.63) is 24.4 Å². The molecule has 1 heterocycles. The molecule has 0 fully saturated rings. The maximum atomic E-state index is 12.3. The highest BCUT2D eigenvalue weighted by atomic mass is 32.2. The van der Waals surface area contributed by atoms with Crippen LogP contribution < -0.4 is 0 Å². The fraction of sp³-hybridized carbons (Fsp3) is 0.417. The van der Waals surface area contributed by atoms with Gasteiger partial charge in [-0.3, -0.25) is 5.10 Å². The Bertz CT molecular complexity index is 664. The molecule has 1 atom stereocenters. The summed E-state index contributed by atoms with van der Waals surface area (Å²) < 4.78 is 25.9. The molecule has 1 aromatic carbocycles. The molecular formula is C12H17N3O3S. The van der Waals surface area contributed by atoms with Gasteiger partial charge in [-0.25, -0.2) is 12.7 Å². The number of aliphatic hydroxyl groups excluding tert-OH is 1. The average molecular weight is 283 g/mol. The van der Waals surface area contributed by atoms with E-state index in [1.807, 2.05) is 0 Å². The van der Waals surface area contributed by atoms with E-state index in [4.69, 9.17) is 0 Å². The molecular weight excluding hydrogens is 266 g/mol. The van der Waals surface area contributed by atoms with Crippen LogP contribution in [0.2, 0.25) is 0 Å². The van der Waals surface area contributed by atoms with Crippen molar-refractivity contribution >= 4 is 20.9 Å². The predicted molar refractivity (Wildman–Crippen MR) is 72.2 cm³/mol. The Hall–Kier alpha value is -1.44. The Morgan fingerprint density at radius 3 is 2.89 bits per heavy atom. The van der Waals surface area contributed by atoms with E-state index in [9.17, 15) is 13.5 Å². The minimum Gasteiger partial charge on any atom is -0.393 e. The first-order valence-electron chi connectivity index (χ1n) is 5.99. The summed E-state index contributed by atoms with van der Waals surface area (Å²) in [5.74, 6) is 0. The Labute approximate surface area is 112 Å². The summed E-state index contributed by atoms with van der Waals surface area (Å²) in [6.45, 7) is 1.91. The first kappa shape index (κ1) is 14.0. The first-order valence-corrected chi connectivity index (χ1v) is 7.43. The number of rotatable bonds is 5. The quantitative estimate of drug-likeness (QED) is 0.855. The van der Waals surface area contributed by atoms with Gasteiger partial charge in [-0.15, -0.1) is 0 Å². The zero-order chi connectivity index (χ0) is 14.0. The summed E-state index contributed by atoms with van der Waals surface area (Å²) >= 11 is 0. The lowest BCUT2D eigenvalue weighted by Crippen LogP contribution is -2.29. The van der Waals surface area contributed by atoms with Gasteiger partial charge in [-0.1, -0.05) is 0 Å². The molecule has 0 aliphatic carbocycles. The van der Waals surface area contributed by atoms with Gasteiger partial charge >= 0.3 is 0 Å². The second-order valence-corrected chi connectivity index (χ2v) is 6.63. The molecule has 1 aromatic heterocycles. The van der Waals surface area contributed by atoms with E-state index >= 15 is 0 Å². The highest BCUT2D eigenvalue weighted by Gasteiger charge is 2.21. The number of aromatic amines is 1. The van der Waals surface area contributed by atoms with Crippen molar-refractivity contribution in [2.24, 2.45) is 0 Å². The average Bonchev–Trinajstić information content (AvgIpc) is 2.82. The second kappa shape index (κ2) is 5.28. The SMILES string of the molecule is C[C@H](O)CCN(C)S(=O)(=O)c1ccc2cn[nH]c2c1. The number of fused-ring (bicyclic) bond motifs is 1. The summed E-state index contributed by atoms with van der Waals surface area (Å²) in [7, 11) is -2.02. The van der Waals surface area contributed by atoms with E-state index in [2.05, 4.69) is 10.2 Å². The third-order valence-corrected chi connectivity index (χ3v) is 4.84. The number of aromatic nitrogens is 2. The van der Waals surface area contributed by atoms with E-state index in [0.29, 0.717) is 11.9 Å². The Morgan fingerprint density at radius 2 is 2.21 bits per heavy atom. The zero-order valence-corrected chi connectivity index (χ0v) is 11.7. The van der Waals surface area contributed by atoms with E-state index in [0.717, 1.165) is 5.39 Å². The minimum atomic E-state index is -3.53. The van der Waals surface area contributed by atoms with Crippen LogP contribution in [0.5, 0.6) is 0 Å². The third kappa shape index (κ3) is 2.94. The van der Waals surface area contributed by atoms with Crippen LogP contribution in [0.15, 0.2) is 29.3 Å².